The van der Waals surface area contributed by atoms with E-state index >= 15 is 0 Å². The Morgan fingerprint density at radius 2 is 2.04 bits per heavy atom. The third-order valence-corrected chi connectivity index (χ3v) is 8.61. The van der Waals surface area contributed by atoms with Gasteiger partial charge in [0.15, 0.2) is 0 Å². The molecule has 0 radical (unpaired) electrons. The molecule has 6 atom stereocenters. The summed E-state index contributed by atoms with van der Waals surface area (Å²) in [6, 6.07) is 0. The van der Waals surface area contributed by atoms with Gasteiger partial charge in [0.2, 0.25) is 0 Å². The van der Waals surface area contributed by atoms with E-state index in [0.29, 0.717) is 28.6 Å². The molecule has 136 valence electrons. The normalized spacial score (nSPS) is 44.3. The van der Waals surface area contributed by atoms with Crippen LogP contribution in [0.1, 0.15) is 78.6 Å². The molecule has 0 bridgehead atoms. The summed E-state index contributed by atoms with van der Waals surface area (Å²) in [5, 5.41) is 10.2. The van der Waals surface area contributed by atoms with E-state index in [-0.39, 0.29) is 6.10 Å². The van der Waals surface area contributed by atoms with Crippen LogP contribution < -0.4 is 0 Å². The summed E-state index contributed by atoms with van der Waals surface area (Å²) >= 11 is 0. The van der Waals surface area contributed by atoms with Crippen molar-refractivity contribution in [2.24, 2.45) is 28.6 Å². The summed E-state index contributed by atoms with van der Waals surface area (Å²) in [5.41, 5.74) is 5.86. The van der Waals surface area contributed by atoms with Crippen molar-refractivity contribution in [1.29, 1.82) is 0 Å². The molecule has 0 spiro atoms. The molecular formula is C24H34O. The molecule has 4 aliphatic carbocycles. The number of fused-ring (bicyclic) bond motifs is 4. The topological polar surface area (TPSA) is 20.2 Å². The minimum atomic E-state index is -0.0613. The Balaban J connectivity index is 1.68. The smallest absolute Gasteiger partial charge is 0.0543 e. The first-order chi connectivity index (χ1) is 11.9. The number of aliphatic hydroxyl groups excluding tert-OH is 1. The van der Waals surface area contributed by atoms with Crippen LogP contribution in [0.2, 0.25) is 0 Å². The van der Waals surface area contributed by atoms with Crippen LogP contribution >= 0.6 is 0 Å². The lowest BCUT2D eigenvalue weighted by atomic mass is 9.51. The van der Waals surface area contributed by atoms with Gasteiger partial charge in [0.1, 0.15) is 0 Å². The summed E-state index contributed by atoms with van der Waals surface area (Å²) in [4.78, 5) is 0. The number of allylic oxidation sites excluding steroid dienone is 4. The third kappa shape index (κ3) is 2.48. The Hall–Kier alpha value is -1.00. The van der Waals surface area contributed by atoms with Gasteiger partial charge in [0.05, 0.1) is 6.10 Å². The second-order valence-electron chi connectivity index (χ2n) is 9.80. The highest BCUT2D eigenvalue weighted by atomic mass is 16.3. The first-order valence-corrected chi connectivity index (χ1v) is 10.4. The van der Waals surface area contributed by atoms with Crippen molar-refractivity contribution in [1.82, 2.24) is 0 Å². The van der Waals surface area contributed by atoms with Gasteiger partial charge in [0, 0.05) is 6.42 Å². The summed E-state index contributed by atoms with van der Waals surface area (Å²) < 4.78 is 0. The minimum Gasteiger partial charge on any atom is -0.393 e. The molecule has 1 nitrogen and oxygen atoms in total. The molecule has 0 amide bonds. The Morgan fingerprint density at radius 3 is 2.80 bits per heavy atom. The molecule has 1 N–H and O–H groups in total. The predicted molar refractivity (Wildman–Crippen MR) is 104 cm³/mol. The molecule has 0 aromatic heterocycles. The lowest BCUT2D eigenvalue weighted by Crippen LogP contribution is -2.44. The highest BCUT2D eigenvalue weighted by Gasteiger charge is 2.52. The molecule has 4 rings (SSSR count). The molecule has 0 aliphatic heterocycles. The van der Waals surface area contributed by atoms with Crippen LogP contribution in [0.25, 0.3) is 0 Å². The van der Waals surface area contributed by atoms with Crippen LogP contribution in [0.15, 0.2) is 22.8 Å². The van der Waals surface area contributed by atoms with Crippen molar-refractivity contribution in [3.8, 4) is 12.3 Å². The van der Waals surface area contributed by atoms with Crippen LogP contribution in [0.3, 0.4) is 0 Å². The number of hydrogen-bond donors (Lipinski definition) is 1. The Morgan fingerprint density at radius 1 is 1.24 bits per heavy atom. The molecule has 0 saturated heterocycles. The molecule has 25 heavy (non-hydrogen) atoms. The van der Waals surface area contributed by atoms with Gasteiger partial charge in [-0.2, -0.15) is 0 Å². The van der Waals surface area contributed by atoms with Gasteiger partial charge < -0.3 is 5.11 Å². The largest absolute Gasteiger partial charge is 0.393 e. The lowest BCUT2D eigenvalue weighted by molar-refractivity contribution is 0.0226. The molecule has 2 unspecified atom stereocenters. The Kier molecular flexibility index (Phi) is 4.19. The fourth-order valence-electron chi connectivity index (χ4n) is 7.06. The number of hydrogen-bond acceptors (Lipinski definition) is 1. The summed E-state index contributed by atoms with van der Waals surface area (Å²) in [6.45, 7) is 7.39. The first kappa shape index (κ1) is 17.4. The van der Waals surface area contributed by atoms with E-state index in [9.17, 15) is 5.11 Å². The van der Waals surface area contributed by atoms with E-state index < -0.39 is 0 Å². The lowest BCUT2D eigenvalue weighted by Gasteiger charge is -2.53. The zero-order valence-corrected chi connectivity index (χ0v) is 16.3. The van der Waals surface area contributed by atoms with Crippen LogP contribution in [-0.2, 0) is 0 Å². The monoisotopic (exact) mass is 338 g/mol. The maximum absolute atomic E-state index is 10.2. The van der Waals surface area contributed by atoms with Crippen LogP contribution in [0, 0.1) is 40.9 Å². The summed E-state index contributed by atoms with van der Waals surface area (Å²) in [5.74, 6) is 4.92. The van der Waals surface area contributed by atoms with Gasteiger partial charge in [-0.15, -0.1) is 12.3 Å². The fraction of sp³-hybridized carbons (Fsp3) is 0.750. The number of terminal acetylenes is 1. The second-order valence-corrected chi connectivity index (χ2v) is 9.80. The van der Waals surface area contributed by atoms with Crippen LogP contribution in [-0.4, -0.2) is 11.2 Å². The van der Waals surface area contributed by atoms with Crippen molar-refractivity contribution in [2.75, 3.05) is 0 Å². The Labute approximate surface area is 154 Å². The first-order valence-electron chi connectivity index (χ1n) is 10.4. The SMILES string of the molecule is C#CC[C@@H](C)[C@H]1CC=C2C3=C(CC[C@@]21C)[C@@]1(C)CCC(O)CC1CC3. The highest BCUT2D eigenvalue weighted by Crippen LogP contribution is 2.64. The van der Waals surface area contributed by atoms with Crippen molar-refractivity contribution < 1.29 is 5.11 Å². The van der Waals surface area contributed by atoms with E-state index in [0.717, 1.165) is 19.3 Å². The molecule has 1 fully saturated rings. The van der Waals surface area contributed by atoms with Gasteiger partial charge in [-0.1, -0.05) is 32.4 Å². The molecule has 1 heteroatoms. The highest BCUT2D eigenvalue weighted by molar-refractivity contribution is 5.49. The van der Waals surface area contributed by atoms with E-state index in [1.807, 2.05) is 0 Å². The zero-order valence-electron chi connectivity index (χ0n) is 16.3. The molecule has 0 aromatic carbocycles. The van der Waals surface area contributed by atoms with E-state index in [4.69, 9.17) is 6.42 Å². The maximum Gasteiger partial charge on any atom is 0.0543 e. The maximum atomic E-state index is 10.2. The molecule has 4 aliphatic rings. The molecule has 0 heterocycles. The fourth-order valence-corrected chi connectivity index (χ4v) is 7.06. The van der Waals surface area contributed by atoms with Crippen molar-refractivity contribution in [2.45, 2.75) is 84.7 Å². The third-order valence-electron chi connectivity index (χ3n) is 8.61. The van der Waals surface area contributed by atoms with E-state index in [1.54, 1.807) is 16.7 Å². The van der Waals surface area contributed by atoms with Gasteiger partial charge in [-0.3, -0.25) is 0 Å². The van der Waals surface area contributed by atoms with Gasteiger partial charge in [-0.05, 0) is 91.1 Å². The van der Waals surface area contributed by atoms with Crippen LogP contribution in [0.4, 0.5) is 0 Å². The van der Waals surface area contributed by atoms with E-state index in [2.05, 4.69) is 32.8 Å². The second kappa shape index (κ2) is 6.02. The van der Waals surface area contributed by atoms with Gasteiger partial charge >= 0.3 is 0 Å². The summed E-state index contributed by atoms with van der Waals surface area (Å²) in [7, 11) is 0. The Bertz CT molecular complexity index is 662. The minimum absolute atomic E-state index is 0.0613. The van der Waals surface area contributed by atoms with Gasteiger partial charge in [-0.25, -0.2) is 0 Å². The molecule has 1 saturated carbocycles. The number of rotatable bonds is 2. The van der Waals surface area contributed by atoms with Gasteiger partial charge in [0.25, 0.3) is 0 Å². The standard InChI is InChI=1S/C24H34O/c1-5-6-16(2)20-9-10-21-19-8-7-17-15-18(25)11-13-23(17,3)22(19)12-14-24(20,21)4/h1,10,16-18,20,25H,6-9,11-15H2,2-4H3/t16-,17?,18?,20-,23+,24-/m1/s1. The quantitative estimate of drug-likeness (QED) is 0.645. The van der Waals surface area contributed by atoms with Crippen molar-refractivity contribution in [3.63, 3.8) is 0 Å². The van der Waals surface area contributed by atoms with Crippen molar-refractivity contribution in [3.05, 3.63) is 22.8 Å². The zero-order chi connectivity index (χ0) is 17.8. The summed E-state index contributed by atoms with van der Waals surface area (Å²) in [6.07, 6.45) is 18.5. The average molecular weight is 339 g/mol. The van der Waals surface area contributed by atoms with Crippen molar-refractivity contribution >= 4 is 0 Å². The van der Waals surface area contributed by atoms with E-state index in [1.165, 1.54) is 38.5 Å². The van der Waals surface area contributed by atoms with Crippen LogP contribution in [0.5, 0.6) is 0 Å². The molecule has 0 aromatic rings. The number of aliphatic hydroxyl groups is 1. The molecular weight excluding hydrogens is 304 g/mol. The predicted octanol–water partition coefficient (Wildman–Crippen LogP) is 5.65. The average Bonchev–Trinajstić information content (AvgIpc) is 2.93.